The van der Waals surface area contributed by atoms with Crippen molar-refractivity contribution in [3.8, 4) is 0 Å². The molecule has 0 amide bonds. The van der Waals surface area contributed by atoms with E-state index in [-0.39, 0.29) is 0 Å². The summed E-state index contributed by atoms with van der Waals surface area (Å²) in [4.78, 5) is 0. The third kappa shape index (κ3) is 14.0. The molecule has 0 rings (SSSR count). The first kappa shape index (κ1) is 21.9. The summed E-state index contributed by atoms with van der Waals surface area (Å²) in [6, 6.07) is 0. The Morgan fingerprint density at radius 2 is 1.15 bits per heavy atom. The van der Waals surface area contributed by atoms with Crippen molar-refractivity contribution in [2.75, 3.05) is 21.3 Å². The zero-order valence-corrected chi connectivity index (χ0v) is 14.6. The van der Waals surface area contributed by atoms with Gasteiger partial charge in [0, 0.05) is 27.8 Å². The SMILES string of the molecule is C=C(C)C.CCCCCCCCCC(OC)(OC)OC. The van der Waals surface area contributed by atoms with E-state index in [9.17, 15) is 0 Å². The van der Waals surface area contributed by atoms with Gasteiger partial charge in [-0.2, -0.15) is 0 Å². The maximum Gasteiger partial charge on any atom is 0.282 e. The second kappa shape index (κ2) is 15.0. The van der Waals surface area contributed by atoms with Gasteiger partial charge in [0.25, 0.3) is 5.97 Å². The summed E-state index contributed by atoms with van der Waals surface area (Å²) in [7, 11) is 4.86. The number of ether oxygens (including phenoxy) is 3. The van der Waals surface area contributed by atoms with Gasteiger partial charge < -0.3 is 14.2 Å². The zero-order chi connectivity index (χ0) is 15.9. The van der Waals surface area contributed by atoms with E-state index in [1.165, 1.54) is 44.1 Å². The van der Waals surface area contributed by atoms with E-state index in [0.717, 1.165) is 12.8 Å². The summed E-state index contributed by atoms with van der Waals surface area (Å²) in [5.41, 5.74) is 1.17. The van der Waals surface area contributed by atoms with Crippen LogP contribution in [-0.4, -0.2) is 27.3 Å². The highest BCUT2D eigenvalue weighted by atomic mass is 16.9. The minimum absolute atomic E-state index is 0.796. The molecule has 0 heterocycles. The quantitative estimate of drug-likeness (QED) is 0.293. The standard InChI is InChI=1S/C13H28O3.C4H8/c1-5-6-7-8-9-10-11-12-13(14-2,15-3)16-4;1-4(2)3/h5-12H2,1-4H3;1H2,2-3H3. The van der Waals surface area contributed by atoms with Crippen molar-refractivity contribution in [3.05, 3.63) is 12.2 Å². The minimum atomic E-state index is -0.830. The van der Waals surface area contributed by atoms with E-state index in [1.54, 1.807) is 21.3 Å². The van der Waals surface area contributed by atoms with Gasteiger partial charge in [-0.05, 0) is 20.3 Å². The number of hydrogen-bond acceptors (Lipinski definition) is 3. The molecule has 122 valence electrons. The molecule has 0 radical (unpaired) electrons. The van der Waals surface area contributed by atoms with Crippen LogP contribution in [0.4, 0.5) is 0 Å². The average Bonchev–Trinajstić information content (AvgIpc) is 2.42. The van der Waals surface area contributed by atoms with Crippen LogP contribution in [0.5, 0.6) is 0 Å². The van der Waals surface area contributed by atoms with Gasteiger partial charge in [-0.1, -0.05) is 51.0 Å². The van der Waals surface area contributed by atoms with E-state index in [0.29, 0.717) is 0 Å². The average molecular weight is 288 g/mol. The monoisotopic (exact) mass is 288 g/mol. The van der Waals surface area contributed by atoms with E-state index in [2.05, 4.69) is 13.5 Å². The fourth-order valence-electron chi connectivity index (χ4n) is 1.85. The van der Waals surface area contributed by atoms with Crippen LogP contribution in [0.3, 0.4) is 0 Å². The number of unbranched alkanes of at least 4 members (excludes halogenated alkanes) is 6. The van der Waals surface area contributed by atoms with Gasteiger partial charge in [0.05, 0.1) is 0 Å². The lowest BCUT2D eigenvalue weighted by molar-refractivity contribution is -0.355. The van der Waals surface area contributed by atoms with Crippen molar-refractivity contribution in [1.82, 2.24) is 0 Å². The van der Waals surface area contributed by atoms with E-state index in [1.807, 2.05) is 13.8 Å². The van der Waals surface area contributed by atoms with Gasteiger partial charge >= 0.3 is 0 Å². The first-order valence-electron chi connectivity index (χ1n) is 7.75. The first-order chi connectivity index (χ1) is 9.47. The number of hydrogen-bond donors (Lipinski definition) is 0. The predicted molar refractivity (Wildman–Crippen MR) is 86.9 cm³/mol. The molecule has 0 spiro atoms. The van der Waals surface area contributed by atoms with Gasteiger partial charge in [0.1, 0.15) is 0 Å². The zero-order valence-electron chi connectivity index (χ0n) is 14.6. The molecule has 20 heavy (non-hydrogen) atoms. The fraction of sp³-hybridized carbons (Fsp3) is 0.882. The Balaban J connectivity index is 0. The molecule has 0 fully saturated rings. The topological polar surface area (TPSA) is 27.7 Å². The maximum absolute atomic E-state index is 5.24. The Kier molecular flexibility index (Phi) is 16.5. The Morgan fingerprint density at radius 3 is 1.50 bits per heavy atom. The molecule has 0 aliphatic heterocycles. The minimum Gasteiger partial charge on any atom is -0.331 e. The van der Waals surface area contributed by atoms with Crippen molar-refractivity contribution in [3.63, 3.8) is 0 Å². The Morgan fingerprint density at radius 1 is 0.800 bits per heavy atom. The molecule has 0 aliphatic rings. The summed E-state index contributed by atoms with van der Waals surface area (Å²) in [5.74, 6) is -0.830. The molecule has 0 unspecified atom stereocenters. The van der Waals surface area contributed by atoms with E-state index < -0.39 is 5.97 Å². The normalized spacial score (nSPS) is 10.9. The Hall–Kier alpha value is -0.380. The molecular weight excluding hydrogens is 252 g/mol. The van der Waals surface area contributed by atoms with Crippen molar-refractivity contribution >= 4 is 0 Å². The lowest BCUT2D eigenvalue weighted by atomic mass is 10.1. The summed E-state index contributed by atoms with van der Waals surface area (Å²) < 4.78 is 15.7. The summed E-state index contributed by atoms with van der Waals surface area (Å²) in [6.07, 6.45) is 9.77. The molecule has 0 aliphatic carbocycles. The highest BCUT2D eigenvalue weighted by Crippen LogP contribution is 2.21. The van der Waals surface area contributed by atoms with Gasteiger partial charge in [-0.25, -0.2) is 0 Å². The summed E-state index contributed by atoms with van der Waals surface area (Å²) >= 11 is 0. The van der Waals surface area contributed by atoms with Crippen LogP contribution in [0.1, 0.15) is 72.1 Å². The smallest absolute Gasteiger partial charge is 0.282 e. The lowest BCUT2D eigenvalue weighted by Gasteiger charge is -2.28. The number of methoxy groups -OCH3 is 3. The third-order valence-corrected chi connectivity index (χ3v) is 3.02. The number of allylic oxidation sites excluding steroid dienone is 1. The van der Waals surface area contributed by atoms with Crippen LogP contribution in [0.15, 0.2) is 12.2 Å². The molecule has 0 atom stereocenters. The molecule has 0 saturated heterocycles. The third-order valence-electron chi connectivity index (χ3n) is 3.02. The molecular formula is C17H36O3. The number of rotatable bonds is 11. The van der Waals surface area contributed by atoms with Crippen molar-refractivity contribution in [2.45, 2.75) is 78.1 Å². The van der Waals surface area contributed by atoms with Crippen molar-refractivity contribution in [1.29, 1.82) is 0 Å². The van der Waals surface area contributed by atoms with E-state index in [4.69, 9.17) is 14.2 Å². The van der Waals surface area contributed by atoms with Gasteiger partial charge in [-0.3, -0.25) is 0 Å². The molecule has 0 aromatic heterocycles. The van der Waals surface area contributed by atoms with Crippen LogP contribution in [0.25, 0.3) is 0 Å². The summed E-state index contributed by atoms with van der Waals surface area (Å²) in [5, 5.41) is 0. The van der Waals surface area contributed by atoms with Crippen LogP contribution >= 0.6 is 0 Å². The highest BCUT2D eigenvalue weighted by Gasteiger charge is 2.28. The van der Waals surface area contributed by atoms with Crippen molar-refractivity contribution < 1.29 is 14.2 Å². The molecule has 3 nitrogen and oxygen atoms in total. The second-order valence-electron chi connectivity index (χ2n) is 5.37. The Bertz CT molecular complexity index is 198. The lowest BCUT2D eigenvalue weighted by Crippen LogP contribution is -2.35. The molecule has 0 bridgehead atoms. The van der Waals surface area contributed by atoms with Gasteiger partial charge in [-0.15, -0.1) is 6.58 Å². The predicted octanol–water partition coefficient (Wildman–Crippen LogP) is 5.30. The fourth-order valence-corrected chi connectivity index (χ4v) is 1.85. The van der Waals surface area contributed by atoms with E-state index >= 15 is 0 Å². The van der Waals surface area contributed by atoms with Crippen LogP contribution in [0, 0.1) is 0 Å². The van der Waals surface area contributed by atoms with Crippen LogP contribution < -0.4 is 0 Å². The maximum atomic E-state index is 5.24. The largest absolute Gasteiger partial charge is 0.331 e. The van der Waals surface area contributed by atoms with Crippen molar-refractivity contribution in [2.24, 2.45) is 0 Å². The molecule has 3 heteroatoms. The second-order valence-corrected chi connectivity index (χ2v) is 5.37. The Labute approximate surface area is 126 Å². The molecule has 0 aromatic carbocycles. The van der Waals surface area contributed by atoms with Gasteiger partial charge in [0.2, 0.25) is 0 Å². The molecule has 0 aromatic rings. The summed E-state index contributed by atoms with van der Waals surface area (Å²) in [6.45, 7) is 9.74. The highest BCUT2D eigenvalue weighted by molar-refractivity contribution is 4.78. The molecule has 0 saturated carbocycles. The molecule has 0 N–H and O–H groups in total. The van der Waals surface area contributed by atoms with Crippen LogP contribution in [0.2, 0.25) is 0 Å². The van der Waals surface area contributed by atoms with Crippen LogP contribution in [-0.2, 0) is 14.2 Å². The van der Waals surface area contributed by atoms with Gasteiger partial charge in [0.15, 0.2) is 0 Å². The first-order valence-corrected chi connectivity index (χ1v) is 7.75.